The molecular formula is C27H26N4O2. The van der Waals surface area contributed by atoms with Gasteiger partial charge in [-0.1, -0.05) is 42.8 Å². The highest BCUT2D eigenvalue weighted by Gasteiger charge is 2.12. The van der Waals surface area contributed by atoms with Crippen LogP contribution in [0.25, 0.3) is 16.9 Å². The first-order valence-corrected chi connectivity index (χ1v) is 10.9. The molecule has 4 rings (SSSR count). The Morgan fingerprint density at radius 1 is 1.03 bits per heavy atom. The molecule has 0 aliphatic carbocycles. The number of aromatic nitrogens is 2. The molecule has 0 radical (unpaired) electrons. The fourth-order valence-electron chi connectivity index (χ4n) is 3.28. The molecule has 33 heavy (non-hydrogen) atoms. The lowest BCUT2D eigenvalue weighted by Gasteiger charge is -2.05. The van der Waals surface area contributed by atoms with Crippen molar-refractivity contribution in [1.29, 1.82) is 0 Å². The summed E-state index contributed by atoms with van der Waals surface area (Å²) in [6.07, 6.45) is 4.47. The predicted octanol–water partition coefficient (Wildman–Crippen LogP) is 5.40. The minimum absolute atomic E-state index is 0.263. The molecule has 3 aromatic carbocycles. The number of hydrazone groups is 1. The van der Waals surface area contributed by atoms with Crippen LogP contribution in [0.5, 0.6) is 5.75 Å². The third kappa shape index (κ3) is 5.54. The summed E-state index contributed by atoms with van der Waals surface area (Å²) < 4.78 is 7.50. The molecule has 0 aliphatic heterocycles. The molecule has 1 heterocycles. The van der Waals surface area contributed by atoms with Crippen LogP contribution in [0.4, 0.5) is 0 Å². The Bertz CT molecular complexity index is 1230. The van der Waals surface area contributed by atoms with Gasteiger partial charge in [-0.2, -0.15) is 10.2 Å². The maximum atomic E-state index is 12.4. The van der Waals surface area contributed by atoms with E-state index in [0.717, 1.165) is 40.2 Å². The van der Waals surface area contributed by atoms with Crippen LogP contribution >= 0.6 is 0 Å². The normalized spacial score (nSPS) is 11.0. The van der Waals surface area contributed by atoms with E-state index in [1.807, 2.05) is 79.9 Å². The second-order valence-electron chi connectivity index (χ2n) is 7.65. The number of aryl methyl sites for hydroxylation is 1. The summed E-state index contributed by atoms with van der Waals surface area (Å²) in [6.45, 7) is 4.74. The number of benzene rings is 3. The zero-order chi connectivity index (χ0) is 23.0. The molecule has 0 aliphatic rings. The average Bonchev–Trinajstić information content (AvgIpc) is 3.28. The molecule has 1 amide bonds. The molecule has 0 bridgehead atoms. The number of carbonyl (C=O) groups excluding carboxylic acids is 1. The minimum atomic E-state index is -0.263. The van der Waals surface area contributed by atoms with Gasteiger partial charge in [0, 0.05) is 22.9 Å². The van der Waals surface area contributed by atoms with E-state index >= 15 is 0 Å². The van der Waals surface area contributed by atoms with Gasteiger partial charge in [-0.15, -0.1) is 0 Å². The van der Waals surface area contributed by atoms with E-state index in [4.69, 9.17) is 9.84 Å². The van der Waals surface area contributed by atoms with Gasteiger partial charge >= 0.3 is 0 Å². The molecule has 0 unspecified atom stereocenters. The summed E-state index contributed by atoms with van der Waals surface area (Å²) in [5.41, 5.74) is 7.66. The van der Waals surface area contributed by atoms with Crippen LogP contribution in [-0.2, 0) is 0 Å². The van der Waals surface area contributed by atoms with Gasteiger partial charge in [0.25, 0.3) is 5.91 Å². The first-order valence-electron chi connectivity index (χ1n) is 10.9. The van der Waals surface area contributed by atoms with Crippen molar-refractivity contribution in [2.24, 2.45) is 5.10 Å². The van der Waals surface area contributed by atoms with Gasteiger partial charge in [0.1, 0.15) is 11.4 Å². The van der Waals surface area contributed by atoms with Gasteiger partial charge in [-0.05, 0) is 61.9 Å². The highest BCUT2D eigenvalue weighted by atomic mass is 16.5. The summed E-state index contributed by atoms with van der Waals surface area (Å²) in [7, 11) is 0. The van der Waals surface area contributed by atoms with E-state index in [1.54, 1.807) is 23.0 Å². The van der Waals surface area contributed by atoms with Crippen LogP contribution in [0.2, 0.25) is 0 Å². The number of hydrogen-bond donors (Lipinski definition) is 1. The van der Waals surface area contributed by atoms with Gasteiger partial charge in [-0.3, -0.25) is 4.79 Å². The molecule has 0 atom stereocenters. The van der Waals surface area contributed by atoms with E-state index in [1.165, 1.54) is 0 Å². The lowest BCUT2D eigenvalue weighted by Crippen LogP contribution is -2.17. The van der Waals surface area contributed by atoms with Crippen LogP contribution in [0.15, 0.2) is 90.2 Å². The maximum Gasteiger partial charge on any atom is 0.271 e. The van der Waals surface area contributed by atoms with Crippen LogP contribution in [0, 0.1) is 6.92 Å². The standard InChI is InChI=1S/C27H26N4O2/c1-3-17-33-25-15-13-21(14-16-25)26-23(19-31(30-26)24-7-5-4-6-8-24)18-28-29-27(32)22-11-9-20(2)10-12-22/h4-16,18-19H,3,17H2,1-2H3,(H,29,32)/b28-18-. The average molecular weight is 439 g/mol. The van der Waals surface area contributed by atoms with Crippen molar-refractivity contribution >= 4 is 12.1 Å². The Labute approximate surface area is 193 Å². The van der Waals surface area contributed by atoms with Crippen molar-refractivity contribution in [1.82, 2.24) is 15.2 Å². The quantitative estimate of drug-likeness (QED) is 0.296. The van der Waals surface area contributed by atoms with Gasteiger partial charge in [0.05, 0.1) is 18.5 Å². The van der Waals surface area contributed by atoms with Crippen LogP contribution in [0.1, 0.15) is 34.8 Å². The first kappa shape index (κ1) is 22.0. The van der Waals surface area contributed by atoms with E-state index in [0.29, 0.717) is 12.2 Å². The second-order valence-corrected chi connectivity index (χ2v) is 7.65. The Kier molecular flexibility index (Phi) is 6.95. The third-order valence-electron chi connectivity index (χ3n) is 5.05. The molecule has 0 saturated heterocycles. The molecule has 0 fully saturated rings. The fraction of sp³-hybridized carbons (Fsp3) is 0.148. The number of hydrogen-bond acceptors (Lipinski definition) is 4. The second kappa shape index (κ2) is 10.4. The molecule has 166 valence electrons. The summed E-state index contributed by atoms with van der Waals surface area (Å²) in [4.78, 5) is 12.4. The van der Waals surface area contributed by atoms with Crippen molar-refractivity contribution in [3.05, 3.63) is 102 Å². The highest BCUT2D eigenvalue weighted by Crippen LogP contribution is 2.25. The van der Waals surface area contributed by atoms with Gasteiger partial charge in [0.2, 0.25) is 0 Å². The molecule has 6 nitrogen and oxygen atoms in total. The number of nitrogens with one attached hydrogen (secondary N) is 1. The van der Waals surface area contributed by atoms with Crippen LogP contribution < -0.4 is 10.2 Å². The summed E-state index contributed by atoms with van der Waals surface area (Å²) >= 11 is 0. The minimum Gasteiger partial charge on any atom is -0.494 e. The van der Waals surface area contributed by atoms with E-state index in [2.05, 4.69) is 17.5 Å². The third-order valence-corrected chi connectivity index (χ3v) is 5.05. The van der Waals surface area contributed by atoms with E-state index < -0.39 is 0 Å². The maximum absolute atomic E-state index is 12.4. The predicted molar refractivity (Wildman–Crippen MR) is 131 cm³/mol. The van der Waals surface area contributed by atoms with Crippen molar-refractivity contribution in [3.63, 3.8) is 0 Å². The number of amides is 1. The number of para-hydroxylation sites is 1. The molecule has 4 aromatic rings. The van der Waals surface area contributed by atoms with Crippen molar-refractivity contribution in [2.75, 3.05) is 6.61 Å². The van der Waals surface area contributed by atoms with Gasteiger partial charge in [0.15, 0.2) is 0 Å². The Morgan fingerprint density at radius 2 is 1.76 bits per heavy atom. The Hall–Kier alpha value is -4.19. The van der Waals surface area contributed by atoms with Crippen molar-refractivity contribution in [3.8, 4) is 22.7 Å². The van der Waals surface area contributed by atoms with Crippen LogP contribution in [-0.4, -0.2) is 28.5 Å². The summed E-state index contributed by atoms with van der Waals surface area (Å²) in [5, 5.41) is 8.97. The molecule has 1 aromatic heterocycles. The number of rotatable bonds is 8. The number of nitrogens with zero attached hydrogens (tertiary/aromatic N) is 3. The van der Waals surface area contributed by atoms with E-state index in [-0.39, 0.29) is 5.91 Å². The summed E-state index contributed by atoms with van der Waals surface area (Å²) in [5.74, 6) is 0.560. The monoisotopic (exact) mass is 438 g/mol. The van der Waals surface area contributed by atoms with Gasteiger partial charge < -0.3 is 4.74 Å². The SMILES string of the molecule is CCCOc1ccc(-c2nn(-c3ccccc3)cc2/C=N\NC(=O)c2ccc(C)cc2)cc1. The topological polar surface area (TPSA) is 68.5 Å². The van der Waals surface area contributed by atoms with Crippen molar-refractivity contribution in [2.45, 2.75) is 20.3 Å². The zero-order valence-corrected chi connectivity index (χ0v) is 18.7. The molecular weight excluding hydrogens is 412 g/mol. The first-order chi connectivity index (χ1) is 16.1. The lowest BCUT2D eigenvalue weighted by atomic mass is 10.1. The van der Waals surface area contributed by atoms with Crippen LogP contribution in [0.3, 0.4) is 0 Å². The van der Waals surface area contributed by atoms with Crippen molar-refractivity contribution < 1.29 is 9.53 Å². The largest absolute Gasteiger partial charge is 0.494 e. The lowest BCUT2D eigenvalue weighted by molar-refractivity contribution is 0.0955. The molecule has 1 N–H and O–H groups in total. The molecule has 6 heteroatoms. The molecule has 0 saturated carbocycles. The number of ether oxygens (including phenoxy) is 1. The smallest absolute Gasteiger partial charge is 0.271 e. The highest BCUT2D eigenvalue weighted by molar-refractivity contribution is 5.95. The molecule has 0 spiro atoms. The Balaban J connectivity index is 1.60. The Morgan fingerprint density at radius 3 is 2.45 bits per heavy atom. The zero-order valence-electron chi connectivity index (χ0n) is 18.7. The van der Waals surface area contributed by atoms with Gasteiger partial charge in [-0.25, -0.2) is 10.1 Å². The number of carbonyl (C=O) groups is 1. The van der Waals surface area contributed by atoms with E-state index in [9.17, 15) is 4.79 Å². The summed E-state index contributed by atoms with van der Waals surface area (Å²) in [6, 6.07) is 25.0. The fourth-order valence-corrected chi connectivity index (χ4v) is 3.28.